The molecule has 0 bridgehead atoms. The van der Waals surface area contributed by atoms with E-state index in [1.807, 2.05) is 12.1 Å². The molecule has 0 unspecified atom stereocenters. The summed E-state index contributed by atoms with van der Waals surface area (Å²) in [5, 5.41) is 3.22. The number of thiazole rings is 1. The van der Waals surface area contributed by atoms with Crippen molar-refractivity contribution in [3.8, 4) is 5.75 Å². The molecule has 0 saturated carbocycles. The molecule has 1 aromatic carbocycles. The molecular formula is C15H19BrN2OS. The van der Waals surface area contributed by atoms with Crippen LogP contribution < -0.4 is 10.5 Å². The minimum atomic E-state index is 0.467. The molecule has 5 heteroatoms. The van der Waals surface area contributed by atoms with E-state index in [1.165, 1.54) is 0 Å². The van der Waals surface area contributed by atoms with Crippen LogP contribution in [0.1, 0.15) is 36.0 Å². The van der Waals surface area contributed by atoms with Crippen molar-refractivity contribution in [1.29, 1.82) is 0 Å². The lowest BCUT2D eigenvalue weighted by Crippen LogP contribution is -2.05. The predicted octanol–water partition coefficient (Wildman–Crippen LogP) is 4.11. The van der Waals surface area contributed by atoms with E-state index < -0.39 is 0 Å². The van der Waals surface area contributed by atoms with Gasteiger partial charge in [0.25, 0.3) is 0 Å². The maximum atomic E-state index is 5.89. The molecule has 0 aliphatic rings. The molecule has 2 aromatic rings. The molecule has 0 aliphatic heterocycles. The third kappa shape index (κ3) is 4.04. The monoisotopic (exact) mass is 354 g/mol. The van der Waals surface area contributed by atoms with Crippen molar-refractivity contribution in [2.24, 2.45) is 5.73 Å². The fourth-order valence-corrected chi connectivity index (χ4v) is 3.07. The average Bonchev–Trinajstić information content (AvgIpc) is 2.87. The van der Waals surface area contributed by atoms with Gasteiger partial charge in [0.1, 0.15) is 12.4 Å². The highest BCUT2D eigenvalue weighted by Crippen LogP contribution is 2.25. The first-order valence-electron chi connectivity index (χ1n) is 6.65. The summed E-state index contributed by atoms with van der Waals surface area (Å²) in [6.07, 6.45) is 0.809. The Kier molecular flexibility index (Phi) is 5.57. The number of hydrogen-bond acceptors (Lipinski definition) is 4. The third-order valence-electron chi connectivity index (χ3n) is 2.88. The fourth-order valence-electron chi connectivity index (χ4n) is 1.85. The summed E-state index contributed by atoms with van der Waals surface area (Å²) in [4.78, 5) is 4.58. The molecule has 0 amide bonds. The average molecular weight is 355 g/mol. The summed E-state index contributed by atoms with van der Waals surface area (Å²) in [6, 6.07) is 6.02. The molecule has 0 fully saturated rings. The van der Waals surface area contributed by atoms with Crippen LogP contribution in [0.25, 0.3) is 0 Å². The van der Waals surface area contributed by atoms with Gasteiger partial charge in [0.05, 0.1) is 10.7 Å². The van der Waals surface area contributed by atoms with Crippen LogP contribution in [-0.4, -0.2) is 11.5 Å². The highest BCUT2D eigenvalue weighted by atomic mass is 79.9. The minimum absolute atomic E-state index is 0.467. The van der Waals surface area contributed by atoms with Crippen LogP contribution in [0.5, 0.6) is 5.75 Å². The van der Waals surface area contributed by atoms with Crippen molar-refractivity contribution in [1.82, 2.24) is 4.98 Å². The molecule has 0 atom stereocenters. The van der Waals surface area contributed by atoms with Crippen molar-refractivity contribution in [2.45, 2.75) is 32.8 Å². The van der Waals surface area contributed by atoms with Gasteiger partial charge < -0.3 is 10.5 Å². The van der Waals surface area contributed by atoms with Crippen molar-refractivity contribution in [2.75, 3.05) is 6.54 Å². The molecule has 108 valence electrons. The minimum Gasteiger partial charge on any atom is -0.487 e. The number of aromatic nitrogens is 1. The van der Waals surface area contributed by atoms with Crippen molar-refractivity contribution >= 4 is 27.3 Å². The fraction of sp³-hybridized carbons (Fsp3) is 0.400. The second-order valence-electron chi connectivity index (χ2n) is 4.91. The van der Waals surface area contributed by atoms with Gasteiger partial charge >= 0.3 is 0 Å². The summed E-state index contributed by atoms with van der Waals surface area (Å²) >= 11 is 5.17. The number of halogens is 1. The summed E-state index contributed by atoms with van der Waals surface area (Å²) < 4.78 is 6.94. The second-order valence-corrected chi connectivity index (χ2v) is 6.72. The number of nitrogens with two attached hydrogens (primary N) is 1. The number of hydrogen-bond donors (Lipinski definition) is 1. The third-order valence-corrected chi connectivity index (χ3v) is 4.56. The Morgan fingerprint density at radius 1 is 1.40 bits per heavy atom. The molecule has 1 aromatic heterocycles. The van der Waals surface area contributed by atoms with Gasteiger partial charge in [-0.05, 0) is 36.7 Å². The number of ether oxygens (including phenoxy) is 1. The van der Waals surface area contributed by atoms with Crippen molar-refractivity contribution < 1.29 is 4.74 Å². The first kappa shape index (κ1) is 15.5. The van der Waals surface area contributed by atoms with Crippen LogP contribution in [0.4, 0.5) is 0 Å². The normalized spacial score (nSPS) is 11.1. The molecular weight excluding hydrogens is 336 g/mol. The Morgan fingerprint density at radius 3 is 2.85 bits per heavy atom. The van der Waals surface area contributed by atoms with E-state index in [0.717, 1.165) is 32.9 Å². The van der Waals surface area contributed by atoms with E-state index in [2.05, 4.69) is 46.2 Å². The number of rotatable bonds is 6. The van der Waals surface area contributed by atoms with Crippen LogP contribution in [-0.2, 0) is 13.0 Å². The highest BCUT2D eigenvalue weighted by molar-refractivity contribution is 9.10. The van der Waals surface area contributed by atoms with Gasteiger partial charge in [-0.2, -0.15) is 0 Å². The molecule has 0 spiro atoms. The van der Waals surface area contributed by atoms with Gasteiger partial charge in [-0.25, -0.2) is 4.98 Å². The van der Waals surface area contributed by atoms with Crippen LogP contribution in [0.15, 0.2) is 28.1 Å². The Balaban J connectivity index is 2.06. The lowest BCUT2D eigenvalue weighted by Gasteiger charge is -2.10. The zero-order valence-corrected chi connectivity index (χ0v) is 14.1. The number of nitrogens with zero attached hydrogens (tertiary/aromatic N) is 1. The van der Waals surface area contributed by atoms with E-state index in [1.54, 1.807) is 11.3 Å². The van der Waals surface area contributed by atoms with Gasteiger partial charge in [-0.3, -0.25) is 0 Å². The molecule has 3 nitrogen and oxygen atoms in total. The van der Waals surface area contributed by atoms with Gasteiger partial charge in [0, 0.05) is 15.8 Å². The molecule has 2 rings (SSSR count). The first-order valence-corrected chi connectivity index (χ1v) is 8.33. The molecule has 1 heterocycles. The number of benzene rings is 1. The summed E-state index contributed by atoms with van der Waals surface area (Å²) in [5.41, 5.74) is 7.75. The van der Waals surface area contributed by atoms with Crippen LogP contribution >= 0.6 is 27.3 Å². The first-order chi connectivity index (χ1) is 9.60. The molecule has 2 N–H and O–H groups in total. The SMILES string of the molecule is CC(C)c1nc(COc2ccc(Br)cc2CCN)cs1. The van der Waals surface area contributed by atoms with Crippen LogP contribution in [0, 0.1) is 0 Å². The van der Waals surface area contributed by atoms with E-state index in [4.69, 9.17) is 10.5 Å². The predicted molar refractivity (Wildman–Crippen MR) is 87.4 cm³/mol. The van der Waals surface area contributed by atoms with Gasteiger partial charge in [-0.15, -0.1) is 11.3 Å². The van der Waals surface area contributed by atoms with E-state index in [9.17, 15) is 0 Å². The van der Waals surface area contributed by atoms with Crippen LogP contribution in [0.3, 0.4) is 0 Å². The molecule has 0 aliphatic carbocycles. The van der Waals surface area contributed by atoms with E-state index in [0.29, 0.717) is 19.1 Å². The quantitative estimate of drug-likeness (QED) is 0.848. The van der Waals surface area contributed by atoms with E-state index in [-0.39, 0.29) is 0 Å². The lowest BCUT2D eigenvalue weighted by atomic mass is 10.1. The maximum Gasteiger partial charge on any atom is 0.131 e. The molecule has 0 radical (unpaired) electrons. The standard InChI is InChI=1S/C15H19BrN2OS/c1-10(2)15-18-13(9-20-15)8-19-14-4-3-12(16)7-11(14)5-6-17/h3-4,7,9-10H,5-6,8,17H2,1-2H3. The lowest BCUT2D eigenvalue weighted by molar-refractivity contribution is 0.298. The zero-order valence-electron chi connectivity index (χ0n) is 11.7. The Bertz CT molecular complexity index is 569. The van der Waals surface area contributed by atoms with E-state index >= 15 is 0 Å². The summed E-state index contributed by atoms with van der Waals surface area (Å²) in [5.74, 6) is 1.35. The smallest absolute Gasteiger partial charge is 0.131 e. The highest BCUT2D eigenvalue weighted by Gasteiger charge is 2.08. The molecule has 0 saturated heterocycles. The Hall–Kier alpha value is -0.910. The Labute approximate surface area is 132 Å². The second kappa shape index (κ2) is 7.20. The van der Waals surface area contributed by atoms with Crippen molar-refractivity contribution in [3.63, 3.8) is 0 Å². The van der Waals surface area contributed by atoms with Crippen molar-refractivity contribution in [3.05, 3.63) is 44.3 Å². The van der Waals surface area contributed by atoms with Crippen LogP contribution in [0.2, 0.25) is 0 Å². The Morgan fingerprint density at radius 2 is 2.20 bits per heavy atom. The van der Waals surface area contributed by atoms with Gasteiger partial charge in [0.2, 0.25) is 0 Å². The molecule has 20 heavy (non-hydrogen) atoms. The van der Waals surface area contributed by atoms with Gasteiger partial charge in [-0.1, -0.05) is 29.8 Å². The zero-order chi connectivity index (χ0) is 14.5. The largest absolute Gasteiger partial charge is 0.487 e. The summed E-state index contributed by atoms with van der Waals surface area (Å²) in [6.45, 7) is 5.42. The van der Waals surface area contributed by atoms with Gasteiger partial charge in [0.15, 0.2) is 0 Å². The summed E-state index contributed by atoms with van der Waals surface area (Å²) in [7, 11) is 0. The maximum absolute atomic E-state index is 5.89. The topological polar surface area (TPSA) is 48.1 Å².